The molecule has 5 rings (SSSR count). The number of aromatic nitrogens is 5. The molecule has 0 unspecified atom stereocenters. The Morgan fingerprint density at radius 1 is 0.972 bits per heavy atom. The van der Waals surface area contributed by atoms with Gasteiger partial charge in [0.2, 0.25) is 0 Å². The van der Waals surface area contributed by atoms with Gasteiger partial charge in [0.1, 0.15) is 23.7 Å². The van der Waals surface area contributed by atoms with Crippen molar-refractivity contribution < 1.29 is 9.94 Å². The number of hydrogen-bond acceptors (Lipinski definition) is 7. The van der Waals surface area contributed by atoms with Crippen LogP contribution in [0.5, 0.6) is 5.75 Å². The van der Waals surface area contributed by atoms with Crippen LogP contribution in [0.2, 0.25) is 10.0 Å². The Morgan fingerprint density at radius 2 is 1.75 bits per heavy atom. The van der Waals surface area contributed by atoms with E-state index in [-0.39, 0.29) is 15.9 Å². The fourth-order valence-corrected chi connectivity index (χ4v) is 4.56. The molecule has 0 atom stereocenters. The summed E-state index contributed by atoms with van der Waals surface area (Å²) in [5, 5.41) is 12.4. The lowest BCUT2D eigenvalue weighted by molar-refractivity contribution is 0.195. The zero-order chi connectivity index (χ0) is 25.1. The molecule has 0 radical (unpaired) electrons. The molecule has 0 aliphatic carbocycles. The lowest BCUT2D eigenvalue weighted by atomic mass is 10.1. The van der Waals surface area contributed by atoms with Crippen LogP contribution in [-0.4, -0.2) is 36.1 Å². The molecule has 3 aromatic heterocycles. The van der Waals surface area contributed by atoms with Gasteiger partial charge in [0.25, 0.3) is 0 Å². The Kier molecular flexibility index (Phi) is 7.09. The molecule has 3 heterocycles. The highest BCUT2D eigenvalue weighted by Crippen LogP contribution is 2.40. The summed E-state index contributed by atoms with van der Waals surface area (Å²) < 4.78 is 6.97. The van der Waals surface area contributed by atoms with Crippen molar-refractivity contribution in [3.05, 3.63) is 94.9 Å². The number of hydrogen-bond donors (Lipinski definition) is 1. The highest BCUT2D eigenvalue weighted by molar-refractivity contribution is 7.98. The second-order valence-electron chi connectivity index (χ2n) is 7.65. The van der Waals surface area contributed by atoms with Crippen LogP contribution in [0.3, 0.4) is 0 Å². The molecule has 0 fully saturated rings. The third kappa shape index (κ3) is 4.88. The molecule has 36 heavy (non-hydrogen) atoms. The van der Waals surface area contributed by atoms with Crippen LogP contribution < -0.4 is 4.74 Å². The molecule has 1 N–H and O–H groups in total. The summed E-state index contributed by atoms with van der Waals surface area (Å²) in [5.41, 5.74) is 3.47. The van der Waals surface area contributed by atoms with E-state index in [0.717, 1.165) is 15.9 Å². The molecular weight excluding hydrogens is 517 g/mol. The van der Waals surface area contributed by atoms with Gasteiger partial charge in [-0.25, -0.2) is 15.0 Å². The molecule has 5 aromatic rings. The van der Waals surface area contributed by atoms with E-state index in [1.807, 2.05) is 60.9 Å². The van der Waals surface area contributed by atoms with Gasteiger partial charge in [0, 0.05) is 24.2 Å². The predicted molar refractivity (Wildman–Crippen MR) is 142 cm³/mol. The first-order chi connectivity index (χ1) is 17.5. The number of rotatable bonds is 7. The van der Waals surface area contributed by atoms with Gasteiger partial charge >= 0.3 is 0 Å². The Morgan fingerprint density at radius 3 is 2.50 bits per heavy atom. The zero-order valence-electron chi connectivity index (χ0n) is 19.0. The minimum atomic E-state index is 0.164. The summed E-state index contributed by atoms with van der Waals surface area (Å²) >= 11 is 14.2. The van der Waals surface area contributed by atoms with Crippen LogP contribution in [0.4, 0.5) is 0 Å². The second-order valence-corrected chi connectivity index (χ2v) is 9.24. The predicted octanol–water partition coefficient (Wildman–Crippen LogP) is 6.91. The zero-order valence-corrected chi connectivity index (χ0v) is 21.3. The maximum atomic E-state index is 11.3. The number of pyridine rings is 1. The average molecular weight is 536 g/mol. The first-order valence-corrected chi connectivity index (χ1v) is 12.8. The summed E-state index contributed by atoms with van der Waals surface area (Å²) in [6, 6.07) is 19.1. The molecule has 0 spiro atoms. The van der Waals surface area contributed by atoms with Crippen molar-refractivity contribution in [1.29, 1.82) is 0 Å². The monoisotopic (exact) mass is 535 g/mol. The van der Waals surface area contributed by atoms with Crippen molar-refractivity contribution in [3.8, 4) is 39.8 Å². The lowest BCUT2D eigenvalue weighted by Crippen LogP contribution is -2.00. The fourth-order valence-electron chi connectivity index (χ4n) is 3.68. The summed E-state index contributed by atoms with van der Waals surface area (Å²) in [5.74, 6) is 0.820. The Hall–Kier alpha value is -3.59. The van der Waals surface area contributed by atoms with Crippen molar-refractivity contribution in [2.45, 2.75) is 11.8 Å². The topological polar surface area (TPSA) is 86.0 Å². The lowest BCUT2D eigenvalue weighted by Gasteiger charge is -2.09. The molecule has 2 aromatic carbocycles. The number of benzene rings is 2. The van der Waals surface area contributed by atoms with Gasteiger partial charge in [-0.1, -0.05) is 77.4 Å². The summed E-state index contributed by atoms with van der Waals surface area (Å²) in [4.78, 5) is 17.6. The molecule has 0 amide bonds. The quantitative estimate of drug-likeness (QED) is 0.137. The molecule has 0 saturated heterocycles. The molecule has 0 saturated carbocycles. The van der Waals surface area contributed by atoms with Crippen LogP contribution >= 0.6 is 35.0 Å². The molecule has 0 aliphatic heterocycles. The van der Waals surface area contributed by atoms with Crippen LogP contribution in [-0.2, 0) is 6.61 Å². The van der Waals surface area contributed by atoms with Crippen molar-refractivity contribution >= 4 is 35.0 Å². The average Bonchev–Trinajstić information content (AvgIpc) is 3.25. The van der Waals surface area contributed by atoms with Gasteiger partial charge in [-0.15, -0.1) is 0 Å². The van der Waals surface area contributed by atoms with E-state index in [1.165, 1.54) is 24.2 Å². The van der Waals surface area contributed by atoms with E-state index in [0.29, 0.717) is 40.2 Å². The second kappa shape index (κ2) is 10.6. The van der Waals surface area contributed by atoms with E-state index >= 15 is 0 Å². The highest BCUT2D eigenvalue weighted by Gasteiger charge is 2.25. The van der Waals surface area contributed by atoms with Crippen molar-refractivity contribution in [1.82, 2.24) is 24.7 Å². The highest BCUT2D eigenvalue weighted by atomic mass is 35.5. The standard InChI is InChI=1S/C26H19Cl2N5O2S/c1-36-26-30-11-10-21(31-26)24-23(32-25(33(24)34)22-19(27)13-29-14-20(22)28)17-8-5-9-18(12-17)35-15-16-6-3-2-4-7-16/h2-14,34H,15H2,1H3. The first kappa shape index (κ1) is 24.1. The number of nitrogens with zero attached hydrogens (tertiary/aromatic N) is 5. The first-order valence-electron chi connectivity index (χ1n) is 10.8. The normalized spacial score (nSPS) is 11.0. The van der Waals surface area contributed by atoms with E-state index in [4.69, 9.17) is 32.9 Å². The summed E-state index contributed by atoms with van der Waals surface area (Å²) in [7, 11) is 0. The Labute approximate surface area is 221 Å². The van der Waals surface area contributed by atoms with Gasteiger partial charge in [0.05, 0.1) is 21.3 Å². The third-order valence-corrected chi connectivity index (χ3v) is 6.48. The molecular formula is C26H19Cl2N5O2S. The van der Waals surface area contributed by atoms with Crippen molar-refractivity contribution in [2.75, 3.05) is 6.26 Å². The SMILES string of the molecule is CSc1nccc(-c2c(-c3cccc(OCc4ccccc4)c3)nc(-c3c(Cl)cncc3Cl)n2O)n1. The van der Waals surface area contributed by atoms with Crippen LogP contribution in [0.25, 0.3) is 34.0 Å². The van der Waals surface area contributed by atoms with E-state index in [2.05, 4.69) is 15.0 Å². The van der Waals surface area contributed by atoms with Crippen LogP contribution in [0.1, 0.15) is 5.56 Å². The Balaban J connectivity index is 1.64. The maximum absolute atomic E-state index is 11.3. The fraction of sp³-hybridized carbons (Fsp3) is 0.0769. The minimum Gasteiger partial charge on any atom is -0.489 e. The van der Waals surface area contributed by atoms with Crippen molar-refractivity contribution in [2.24, 2.45) is 0 Å². The summed E-state index contributed by atoms with van der Waals surface area (Å²) in [6.07, 6.45) is 6.42. The molecule has 7 nitrogen and oxygen atoms in total. The van der Waals surface area contributed by atoms with Gasteiger partial charge in [-0.3, -0.25) is 4.98 Å². The smallest absolute Gasteiger partial charge is 0.187 e. The molecule has 0 aliphatic rings. The van der Waals surface area contributed by atoms with E-state index in [9.17, 15) is 5.21 Å². The van der Waals surface area contributed by atoms with Crippen molar-refractivity contribution in [3.63, 3.8) is 0 Å². The van der Waals surface area contributed by atoms with Gasteiger partial charge in [-0.2, -0.15) is 4.73 Å². The van der Waals surface area contributed by atoms with Crippen LogP contribution in [0, 0.1) is 0 Å². The summed E-state index contributed by atoms with van der Waals surface area (Å²) in [6.45, 7) is 0.419. The number of thioether (sulfide) groups is 1. The number of halogens is 2. The number of ether oxygens (including phenoxy) is 1. The van der Waals surface area contributed by atoms with Gasteiger partial charge < -0.3 is 9.94 Å². The largest absolute Gasteiger partial charge is 0.489 e. The van der Waals surface area contributed by atoms with Gasteiger partial charge in [-0.05, 0) is 30.0 Å². The molecule has 180 valence electrons. The minimum absolute atomic E-state index is 0.164. The van der Waals surface area contributed by atoms with E-state index in [1.54, 1.807) is 12.3 Å². The molecule has 10 heteroatoms. The van der Waals surface area contributed by atoms with Crippen LogP contribution in [0.15, 0.2) is 84.4 Å². The molecule has 0 bridgehead atoms. The Bertz CT molecular complexity index is 1510. The van der Waals surface area contributed by atoms with Gasteiger partial charge in [0.15, 0.2) is 11.0 Å². The van der Waals surface area contributed by atoms with E-state index < -0.39 is 0 Å². The maximum Gasteiger partial charge on any atom is 0.187 e. The third-order valence-electron chi connectivity index (χ3n) is 5.35. The number of imidazole rings is 1.